The molecule has 1 atom stereocenters. The van der Waals surface area contributed by atoms with Crippen LogP contribution >= 0.6 is 27.5 Å². The SMILES string of the molecule is CC(CN)(CC1CC1)Nc1ccc(Cl)c(Br)c1. The molecule has 1 aromatic carbocycles. The zero-order valence-corrected chi connectivity index (χ0v) is 12.3. The largest absolute Gasteiger partial charge is 0.379 e. The molecule has 94 valence electrons. The third-order valence-electron chi connectivity index (χ3n) is 3.25. The van der Waals surface area contributed by atoms with Crippen LogP contribution in [0.3, 0.4) is 0 Å². The molecule has 1 aliphatic carbocycles. The van der Waals surface area contributed by atoms with Gasteiger partial charge in [0.25, 0.3) is 0 Å². The summed E-state index contributed by atoms with van der Waals surface area (Å²) in [4.78, 5) is 0. The molecule has 1 saturated carbocycles. The maximum Gasteiger partial charge on any atom is 0.0549 e. The van der Waals surface area contributed by atoms with Crippen molar-refractivity contribution in [2.45, 2.75) is 31.7 Å². The lowest BCUT2D eigenvalue weighted by Crippen LogP contribution is -2.43. The lowest BCUT2D eigenvalue weighted by molar-refractivity contribution is 0.453. The molecule has 3 N–H and O–H groups in total. The first-order valence-electron chi connectivity index (χ1n) is 5.96. The van der Waals surface area contributed by atoms with Crippen LogP contribution in [0.5, 0.6) is 0 Å². The predicted octanol–water partition coefficient (Wildman–Crippen LogP) is 4.03. The minimum atomic E-state index is -0.0194. The molecule has 1 aromatic rings. The van der Waals surface area contributed by atoms with Crippen LogP contribution in [0.2, 0.25) is 5.02 Å². The standard InChI is InChI=1S/C13H18BrClN2/c1-13(8-16,7-9-2-3-9)17-10-4-5-12(15)11(14)6-10/h4-6,9,17H,2-3,7-8,16H2,1H3. The van der Waals surface area contributed by atoms with Crippen LogP contribution in [-0.2, 0) is 0 Å². The molecular weight excluding hydrogens is 300 g/mol. The number of anilines is 1. The van der Waals surface area contributed by atoms with Gasteiger partial charge < -0.3 is 11.1 Å². The van der Waals surface area contributed by atoms with Gasteiger partial charge in [-0.2, -0.15) is 0 Å². The van der Waals surface area contributed by atoms with E-state index in [0.29, 0.717) is 6.54 Å². The smallest absolute Gasteiger partial charge is 0.0549 e. The van der Waals surface area contributed by atoms with E-state index in [-0.39, 0.29) is 5.54 Å². The highest BCUT2D eigenvalue weighted by Gasteiger charge is 2.32. The fourth-order valence-corrected chi connectivity index (χ4v) is 2.56. The number of nitrogens with one attached hydrogen (secondary N) is 1. The molecule has 0 aromatic heterocycles. The maximum absolute atomic E-state index is 5.98. The molecule has 0 saturated heterocycles. The van der Waals surface area contributed by atoms with E-state index in [1.165, 1.54) is 12.8 Å². The van der Waals surface area contributed by atoms with Crippen molar-refractivity contribution in [1.29, 1.82) is 0 Å². The Kier molecular flexibility index (Phi) is 4.01. The van der Waals surface area contributed by atoms with Gasteiger partial charge in [0.1, 0.15) is 0 Å². The second-order valence-corrected chi connectivity index (χ2v) is 6.43. The Labute approximate surface area is 116 Å². The Morgan fingerprint density at radius 1 is 1.53 bits per heavy atom. The van der Waals surface area contributed by atoms with Crippen LogP contribution in [0.25, 0.3) is 0 Å². The van der Waals surface area contributed by atoms with E-state index in [2.05, 4.69) is 28.2 Å². The third-order valence-corrected chi connectivity index (χ3v) is 4.47. The van der Waals surface area contributed by atoms with Gasteiger partial charge in [-0.15, -0.1) is 0 Å². The number of benzene rings is 1. The normalized spacial score (nSPS) is 18.8. The zero-order chi connectivity index (χ0) is 12.5. The summed E-state index contributed by atoms with van der Waals surface area (Å²) in [5.74, 6) is 0.854. The van der Waals surface area contributed by atoms with Crippen molar-refractivity contribution in [2.75, 3.05) is 11.9 Å². The minimum Gasteiger partial charge on any atom is -0.379 e. The van der Waals surface area contributed by atoms with Gasteiger partial charge in [0.05, 0.1) is 5.02 Å². The Morgan fingerprint density at radius 3 is 2.76 bits per heavy atom. The monoisotopic (exact) mass is 316 g/mol. The lowest BCUT2D eigenvalue weighted by Gasteiger charge is -2.31. The highest BCUT2D eigenvalue weighted by Crippen LogP contribution is 2.38. The molecule has 2 rings (SSSR count). The van der Waals surface area contributed by atoms with Crippen LogP contribution in [0.1, 0.15) is 26.2 Å². The molecule has 0 aliphatic heterocycles. The summed E-state index contributed by atoms with van der Waals surface area (Å²) in [6.07, 6.45) is 3.84. The van der Waals surface area contributed by atoms with Crippen LogP contribution in [0, 0.1) is 5.92 Å². The molecule has 17 heavy (non-hydrogen) atoms. The molecule has 2 nitrogen and oxygen atoms in total. The average Bonchev–Trinajstić information content (AvgIpc) is 3.07. The fraction of sp³-hybridized carbons (Fsp3) is 0.538. The molecule has 0 bridgehead atoms. The van der Waals surface area contributed by atoms with E-state index in [1.54, 1.807) is 0 Å². The van der Waals surface area contributed by atoms with Gasteiger partial charge in [-0.1, -0.05) is 24.4 Å². The van der Waals surface area contributed by atoms with Crippen molar-refractivity contribution in [2.24, 2.45) is 11.7 Å². The minimum absolute atomic E-state index is 0.0194. The van der Waals surface area contributed by atoms with Gasteiger partial charge >= 0.3 is 0 Å². The number of hydrogen-bond donors (Lipinski definition) is 2. The van der Waals surface area contributed by atoms with E-state index in [4.69, 9.17) is 17.3 Å². The average molecular weight is 318 g/mol. The molecule has 0 radical (unpaired) electrons. The second kappa shape index (κ2) is 5.17. The third kappa shape index (κ3) is 3.60. The van der Waals surface area contributed by atoms with Gasteiger partial charge in [0.15, 0.2) is 0 Å². The van der Waals surface area contributed by atoms with Gasteiger partial charge in [0.2, 0.25) is 0 Å². The first kappa shape index (κ1) is 13.2. The molecule has 4 heteroatoms. The van der Waals surface area contributed by atoms with Crippen molar-refractivity contribution in [3.05, 3.63) is 27.7 Å². The van der Waals surface area contributed by atoms with Crippen molar-refractivity contribution in [3.8, 4) is 0 Å². The highest BCUT2D eigenvalue weighted by molar-refractivity contribution is 9.10. The summed E-state index contributed by atoms with van der Waals surface area (Å²) in [5, 5.41) is 4.26. The Hall–Kier alpha value is -0.250. The zero-order valence-electron chi connectivity index (χ0n) is 9.97. The number of rotatable bonds is 5. The molecular formula is C13H18BrClN2. The van der Waals surface area contributed by atoms with Crippen molar-refractivity contribution >= 4 is 33.2 Å². The summed E-state index contributed by atoms with van der Waals surface area (Å²) in [6.45, 7) is 2.83. The van der Waals surface area contributed by atoms with E-state index < -0.39 is 0 Å². The summed E-state index contributed by atoms with van der Waals surface area (Å²) < 4.78 is 0.912. The first-order chi connectivity index (χ1) is 8.02. The topological polar surface area (TPSA) is 38.0 Å². The van der Waals surface area contributed by atoms with Crippen molar-refractivity contribution in [3.63, 3.8) is 0 Å². The Balaban J connectivity index is 2.08. The van der Waals surface area contributed by atoms with Crippen molar-refractivity contribution in [1.82, 2.24) is 0 Å². The maximum atomic E-state index is 5.98. The van der Waals surface area contributed by atoms with Crippen LogP contribution in [-0.4, -0.2) is 12.1 Å². The van der Waals surface area contributed by atoms with Crippen LogP contribution < -0.4 is 11.1 Å². The Morgan fingerprint density at radius 2 is 2.24 bits per heavy atom. The second-order valence-electron chi connectivity index (χ2n) is 5.17. The molecule has 1 fully saturated rings. The lowest BCUT2D eigenvalue weighted by atomic mass is 9.94. The van der Waals surface area contributed by atoms with E-state index in [9.17, 15) is 0 Å². The van der Waals surface area contributed by atoms with E-state index >= 15 is 0 Å². The van der Waals surface area contributed by atoms with Crippen LogP contribution in [0.15, 0.2) is 22.7 Å². The number of nitrogens with two attached hydrogens (primary N) is 1. The highest BCUT2D eigenvalue weighted by atomic mass is 79.9. The molecule has 1 unspecified atom stereocenters. The molecule has 0 heterocycles. The molecule has 0 spiro atoms. The predicted molar refractivity (Wildman–Crippen MR) is 77.6 cm³/mol. The summed E-state index contributed by atoms with van der Waals surface area (Å²) >= 11 is 9.42. The molecule has 0 amide bonds. The van der Waals surface area contributed by atoms with Crippen LogP contribution in [0.4, 0.5) is 5.69 Å². The number of halogens is 2. The number of hydrogen-bond acceptors (Lipinski definition) is 2. The fourth-order valence-electron chi connectivity index (χ4n) is 2.07. The van der Waals surface area contributed by atoms with Gasteiger partial charge in [0, 0.05) is 22.2 Å². The van der Waals surface area contributed by atoms with Crippen molar-refractivity contribution < 1.29 is 0 Å². The summed E-state index contributed by atoms with van der Waals surface area (Å²) in [5.41, 5.74) is 6.94. The Bertz CT molecular complexity index is 406. The van der Waals surface area contributed by atoms with Gasteiger partial charge in [-0.05, 0) is 53.4 Å². The first-order valence-corrected chi connectivity index (χ1v) is 7.13. The molecule has 1 aliphatic rings. The van der Waals surface area contributed by atoms with E-state index in [0.717, 1.165) is 27.5 Å². The summed E-state index contributed by atoms with van der Waals surface area (Å²) in [6, 6.07) is 5.89. The van der Waals surface area contributed by atoms with Gasteiger partial charge in [-0.3, -0.25) is 0 Å². The van der Waals surface area contributed by atoms with E-state index in [1.807, 2.05) is 18.2 Å². The van der Waals surface area contributed by atoms with Gasteiger partial charge in [-0.25, -0.2) is 0 Å². The summed E-state index contributed by atoms with van der Waals surface area (Å²) in [7, 11) is 0. The quantitative estimate of drug-likeness (QED) is 0.860.